The van der Waals surface area contributed by atoms with Gasteiger partial charge in [-0.15, -0.1) is 0 Å². The van der Waals surface area contributed by atoms with Crippen LogP contribution in [0.2, 0.25) is 0 Å². The van der Waals surface area contributed by atoms with Crippen molar-refractivity contribution in [1.29, 1.82) is 31.6 Å². The number of allylic oxidation sites excluding steroid dienone is 6. The number of halogens is 9. The molecule has 0 spiro atoms. The molecular weight excluding hydrogens is 774 g/mol. The Morgan fingerprint density at radius 1 is 0.444 bits per heavy atom. The number of nitriles is 6. The molecule has 0 radical (unpaired) electrons. The van der Waals surface area contributed by atoms with Crippen molar-refractivity contribution < 1.29 is 43.9 Å². The molecule has 0 saturated carbocycles. The van der Waals surface area contributed by atoms with Gasteiger partial charge < -0.3 is 4.42 Å². The molecule has 10 nitrogen and oxygen atoms in total. The fourth-order valence-corrected chi connectivity index (χ4v) is 7.32. The van der Waals surface area contributed by atoms with Gasteiger partial charge in [0.25, 0.3) is 11.7 Å². The van der Waals surface area contributed by atoms with Crippen molar-refractivity contribution in [3.8, 4) is 36.4 Å². The van der Waals surface area contributed by atoms with Crippen LogP contribution in [-0.4, -0.2) is 15.0 Å². The van der Waals surface area contributed by atoms with E-state index in [1.165, 1.54) is 36.4 Å². The lowest BCUT2D eigenvalue weighted by molar-refractivity contribution is 0.509. The normalized spacial score (nSPS) is 16.9. The molecule has 0 unspecified atom stereocenters. The van der Waals surface area contributed by atoms with Crippen molar-refractivity contribution in [3.05, 3.63) is 97.3 Å². The third kappa shape index (κ3) is 4.50. The first-order valence-electron chi connectivity index (χ1n) is 13.9. The highest BCUT2D eigenvalue weighted by Gasteiger charge is 2.39. The van der Waals surface area contributed by atoms with E-state index in [1.807, 2.05) is 0 Å². The van der Waals surface area contributed by atoms with Crippen LogP contribution in [-0.2, 0) is 0 Å². The summed E-state index contributed by atoms with van der Waals surface area (Å²) < 4.78 is 148. The minimum atomic E-state index is -2.00. The van der Waals surface area contributed by atoms with Crippen molar-refractivity contribution in [1.82, 2.24) is 15.0 Å². The van der Waals surface area contributed by atoms with Gasteiger partial charge in [0.1, 0.15) is 98.1 Å². The number of fused-ring (bicyclic) bond motifs is 6. The van der Waals surface area contributed by atoms with Gasteiger partial charge in [-0.2, -0.15) is 49.7 Å². The molecule has 21 heteroatoms. The molecule has 3 heterocycles. The molecule has 0 fully saturated rings. The maximum atomic E-state index is 16.7. The number of hydrogen-bond acceptors (Lipinski definition) is 12. The molecule has 1 aromatic carbocycles. The Morgan fingerprint density at radius 2 is 0.778 bits per heavy atom. The predicted molar refractivity (Wildman–Crippen MR) is 164 cm³/mol. The molecule has 3 aliphatic carbocycles. The molecule has 0 atom stereocenters. The second-order valence-electron chi connectivity index (χ2n) is 10.5. The molecule has 3 aromatic heterocycles. The molecule has 0 aliphatic heterocycles. The van der Waals surface area contributed by atoms with E-state index in [1.54, 1.807) is 0 Å². The second kappa shape index (κ2) is 12.3. The molecule has 54 heavy (non-hydrogen) atoms. The third-order valence-electron chi connectivity index (χ3n) is 7.92. The number of thiazole rings is 2. The lowest BCUT2D eigenvalue weighted by Crippen LogP contribution is -2.64. The van der Waals surface area contributed by atoms with E-state index >= 15 is 26.3 Å². The zero-order valence-corrected chi connectivity index (χ0v) is 26.8. The summed E-state index contributed by atoms with van der Waals surface area (Å²) >= 11 is 0.285. The van der Waals surface area contributed by atoms with Crippen LogP contribution >= 0.6 is 22.7 Å². The summed E-state index contributed by atoms with van der Waals surface area (Å²) in [5.74, 6) is -18.8. The fraction of sp³-hybridized carbons (Fsp3) is 0. The van der Waals surface area contributed by atoms with Gasteiger partial charge in [-0.25, -0.2) is 36.3 Å². The number of aromatic nitrogens is 3. The number of hydrogen-bond donors (Lipinski definition) is 0. The van der Waals surface area contributed by atoms with Gasteiger partial charge in [0.15, 0.2) is 9.75 Å². The Balaban J connectivity index is 1.79. The van der Waals surface area contributed by atoms with Crippen LogP contribution in [0.25, 0.3) is 51.7 Å². The Hall–Kier alpha value is -7.56. The first kappa shape index (κ1) is 34.9. The average Bonchev–Trinajstić information content (AvgIpc) is 3.98. The predicted octanol–water partition coefficient (Wildman–Crippen LogP) is 3.06. The summed E-state index contributed by atoms with van der Waals surface area (Å²) in [6.07, 6.45) is 0. The van der Waals surface area contributed by atoms with Crippen molar-refractivity contribution in [2.24, 2.45) is 0 Å². The summed E-state index contributed by atoms with van der Waals surface area (Å²) in [5.41, 5.74) is -8.10. The highest BCUT2D eigenvalue weighted by Crippen LogP contribution is 2.38. The summed E-state index contributed by atoms with van der Waals surface area (Å²) in [6.45, 7) is 0. The highest BCUT2D eigenvalue weighted by atomic mass is 32.1. The summed E-state index contributed by atoms with van der Waals surface area (Å²) in [6, 6.07) is 7.96. The van der Waals surface area contributed by atoms with Gasteiger partial charge >= 0.3 is 0 Å². The largest absolute Gasteiger partial charge is 0.421 e. The smallest absolute Gasteiger partial charge is 0.270 e. The number of benzene rings is 1. The third-order valence-corrected chi connectivity index (χ3v) is 9.83. The summed E-state index contributed by atoms with van der Waals surface area (Å²) in [5, 5.41) is 47.0. The maximum Gasteiger partial charge on any atom is 0.270 e. The molecule has 4 aromatic rings. The Kier molecular flexibility index (Phi) is 7.94. The zero-order valence-electron chi connectivity index (χ0n) is 25.2. The standard InChI is InChI=1S/C33F9N9OS2/c34-22-13(7(1-43)31-49-28(40)10(4-46)52-31)23(35)17-16(22)18-20(26(38)14(24(18)36)8(2-44)32-50-29(41)11(5-47)53-32)21-19(17)25(37)15(27(21)39)9(3-45)33-51-30(42)12(6-48)54-33/b13-7?,14-8-,15-9+. The number of rotatable bonds is 3. The van der Waals surface area contributed by atoms with Crippen LogP contribution in [0, 0.1) is 85.8 Å². The molecule has 7 rings (SSSR count). The van der Waals surface area contributed by atoms with E-state index in [2.05, 4.69) is 15.0 Å². The van der Waals surface area contributed by atoms with E-state index in [0.717, 1.165) is 0 Å². The first-order valence-corrected chi connectivity index (χ1v) is 15.5. The quantitative estimate of drug-likeness (QED) is 0.221. The van der Waals surface area contributed by atoms with Crippen LogP contribution in [0.4, 0.5) is 39.5 Å². The van der Waals surface area contributed by atoms with E-state index < -0.39 is 149 Å². The lowest BCUT2D eigenvalue weighted by atomic mass is 10.1. The van der Waals surface area contributed by atoms with Crippen molar-refractivity contribution in [2.75, 3.05) is 0 Å². The molecule has 258 valence electrons. The average molecular weight is 774 g/mol. The minimum absolute atomic E-state index is 0.143. The molecule has 0 N–H and O–H groups in total. The second-order valence-corrected chi connectivity index (χ2v) is 12.5. The van der Waals surface area contributed by atoms with Gasteiger partial charge in [-0.3, -0.25) is 0 Å². The Labute approximate surface area is 298 Å². The van der Waals surface area contributed by atoms with Crippen LogP contribution in [0.1, 0.15) is 31.4 Å². The number of nitrogens with zero attached hydrogens (tertiary/aromatic N) is 9. The molecule has 0 amide bonds. The molecule has 3 aliphatic rings. The Bertz CT molecular complexity index is 2860. The van der Waals surface area contributed by atoms with Crippen molar-refractivity contribution in [3.63, 3.8) is 0 Å². The zero-order chi connectivity index (χ0) is 39.1. The van der Waals surface area contributed by atoms with Gasteiger partial charge in [-0.1, -0.05) is 22.7 Å². The van der Waals surface area contributed by atoms with E-state index in [-0.39, 0.29) is 22.7 Å². The molecule has 0 bridgehead atoms. The summed E-state index contributed by atoms with van der Waals surface area (Å²) in [4.78, 5) is 8.24. The molecule has 0 saturated heterocycles. The van der Waals surface area contributed by atoms with Gasteiger partial charge in [-0.05, 0) is 0 Å². The van der Waals surface area contributed by atoms with Crippen LogP contribution in [0.3, 0.4) is 0 Å². The maximum absolute atomic E-state index is 16.7. The van der Waals surface area contributed by atoms with E-state index in [4.69, 9.17) is 20.2 Å². The highest BCUT2D eigenvalue weighted by molar-refractivity contribution is 7.13. The van der Waals surface area contributed by atoms with E-state index in [9.17, 15) is 29.0 Å². The van der Waals surface area contributed by atoms with Crippen LogP contribution < -0.4 is 31.3 Å². The topological polar surface area (TPSA) is 195 Å². The monoisotopic (exact) mass is 773 g/mol. The summed E-state index contributed by atoms with van der Waals surface area (Å²) in [7, 11) is 0. The van der Waals surface area contributed by atoms with E-state index in [0.29, 0.717) is 0 Å². The SMILES string of the molecule is N#CC(=C1C(F)=c2c(c3c(c4c2=C(F)/C(=C(\C#N)c2nc(F)c(C#N)s2)C=4F)=C(F)/C(=C(\C#N)c2nc(F)c(C#N)s2)C=3F)=C1F)c1nc(F)c(C#N)o1. The molecular formula is C33F9N9OS2. The first-order chi connectivity index (χ1) is 25.8. The van der Waals surface area contributed by atoms with Crippen LogP contribution in [0.15, 0.2) is 21.1 Å². The van der Waals surface area contributed by atoms with Crippen LogP contribution in [0.5, 0.6) is 0 Å². The minimum Gasteiger partial charge on any atom is -0.421 e. The van der Waals surface area contributed by atoms with Gasteiger partial charge in [0.05, 0.1) is 16.7 Å². The van der Waals surface area contributed by atoms with Gasteiger partial charge in [0, 0.05) is 31.3 Å². The fourth-order valence-electron chi connectivity index (χ4n) is 5.83. The van der Waals surface area contributed by atoms with Crippen molar-refractivity contribution >= 4 is 74.4 Å². The van der Waals surface area contributed by atoms with Gasteiger partial charge in [0.2, 0.25) is 17.8 Å². The number of oxazole rings is 1. The lowest BCUT2D eigenvalue weighted by Gasteiger charge is -2.01. The Morgan fingerprint density at radius 3 is 1.04 bits per heavy atom. The van der Waals surface area contributed by atoms with Crippen molar-refractivity contribution in [2.45, 2.75) is 0 Å².